The molecule has 4 nitrogen and oxygen atoms in total. The maximum absolute atomic E-state index is 13.3. The van der Waals surface area contributed by atoms with Crippen molar-refractivity contribution in [3.05, 3.63) is 35.8 Å². The second-order valence-electron chi connectivity index (χ2n) is 6.77. The van der Waals surface area contributed by atoms with Crippen LogP contribution in [0.2, 0.25) is 0 Å². The largest absolute Gasteiger partial charge is 0.350 e. The van der Waals surface area contributed by atoms with Crippen LogP contribution in [0.25, 0.3) is 10.9 Å². The van der Waals surface area contributed by atoms with Gasteiger partial charge >= 0.3 is 0 Å². The van der Waals surface area contributed by atoms with Crippen molar-refractivity contribution in [1.82, 2.24) is 15.2 Å². The van der Waals surface area contributed by atoms with Crippen LogP contribution in [0.3, 0.4) is 0 Å². The summed E-state index contributed by atoms with van der Waals surface area (Å²) < 4.78 is 13.3. The molecule has 23 heavy (non-hydrogen) atoms. The Morgan fingerprint density at radius 3 is 3.04 bits per heavy atom. The average molecular weight is 315 g/mol. The van der Waals surface area contributed by atoms with Crippen LogP contribution in [-0.2, 0) is 0 Å². The van der Waals surface area contributed by atoms with Gasteiger partial charge in [-0.1, -0.05) is 6.42 Å². The molecule has 0 saturated carbocycles. The third kappa shape index (κ3) is 2.85. The summed E-state index contributed by atoms with van der Waals surface area (Å²) in [5, 5.41) is 4.50. The van der Waals surface area contributed by atoms with E-state index in [1.165, 1.54) is 31.4 Å². The molecule has 3 heterocycles. The highest BCUT2D eigenvalue weighted by molar-refractivity contribution is 5.98. The number of likely N-dealkylation sites (tertiary alicyclic amines) is 1. The lowest BCUT2D eigenvalue weighted by atomic mass is 9.89. The number of piperidine rings is 1. The molecule has 0 radical (unpaired) electrons. The Bertz CT molecular complexity index is 726. The third-order valence-electron chi connectivity index (χ3n) is 5.24. The summed E-state index contributed by atoms with van der Waals surface area (Å²) in [6.07, 6.45) is 4.68. The smallest absolute Gasteiger partial charge is 0.270 e. The SMILES string of the molecule is O=C(c1cc2ccc(F)cc2[nH]1)N1CC[C@H]2NCCCC[C@H]2C1. The first-order valence-corrected chi connectivity index (χ1v) is 8.51. The van der Waals surface area contributed by atoms with Crippen LogP contribution in [0, 0.1) is 11.7 Å². The fourth-order valence-electron chi connectivity index (χ4n) is 3.98. The van der Waals surface area contributed by atoms with E-state index in [2.05, 4.69) is 10.3 Å². The molecule has 2 aliphatic heterocycles. The van der Waals surface area contributed by atoms with E-state index in [9.17, 15) is 9.18 Å². The standard InChI is InChI=1S/C18H22FN3O/c19-14-5-4-12-9-17(21-16(12)10-14)18(23)22-8-6-15-13(11-22)3-1-2-7-20-15/h4-5,9-10,13,15,20-21H,1-3,6-8,11H2/t13-,15+/m0/s1. The summed E-state index contributed by atoms with van der Waals surface area (Å²) in [5.74, 6) is 0.296. The number of nitrogens with one attached hydrogen (secondary N) is 2. The lowest BCUT2D eigenvalue weighted by Crippen LogP contribution is -2.50. The molecule has 4 rings (SSSR count). The van der Waals surface area contributed by atoms with Gasteiger partial charge in [-0.05, 0) is 56.0 Å². The van der Waals surface area contributed by atoms with Gasteiger partial charge in [-0.15, -0.1) is 0 Å². The van der Waals surface area contributed by atoms with Crippen molar-refractivity contribution in [1.29, 1.82) is 0 Å². The quantitative estimate of drug-likeness (QED) is 0.850. The van der Waals surface area contributed by atoms with Crippen LogP contribution in [0.15, 0.2) is 24.3 Å². The highest BCUT2D eigenvalue weighted by atomic mass is 19.1. The molecule has 0 spiro atoms. The van der Waals surface area contributed by atoms with Crippen molar-refractivity contribution >= 4 is 16.8 Å². The van der Waals surface area contributed by atoms with E-state index in [1.807, 2.05) is 11.0 Å². The molecule has 5 heteroatoms. The number of halogens is 1. The van der Waals surface area contributed by atoms with E-state index in [0.29, 0.717) is 23.2 Å². The van der Waals surface area contributed by atoms with Gasteiger partial charge in [0, 0.05) is 30.0 Å². The minimum atomic E-state index is -0.288. The molecule has 2 fully saturated rings. The number of aromatic amines is 1. The number of H-pyrrole nitrogens is 1. The Labute approximate surface area is 135 Å². The summed E-state index contributed by atoms with van der Waals surface area (Å²) in [5.41, 5.74) is 1.24. The van der Waals surface area contributed by atoms with E-state index < -0.39 is 0 Å². The van der Waals surface area contributed by atoms with Gasteiger partial charge in [0.1, 0.15) is 11.5 Å². The second-order valence-corrected chi connectivity index (χ2v) is 6.77. The first kappa shape index (κ1) is 14.7. The Balaban J connectivity index is 1.53. The molecule has 1 amide bonds. The van der Waals surface area contributed by atoms with Gasteiger partial charge in [-0.2, -0.15) is 0 Å². The molecule has 0 bridgehead atoms. The van der Waals surface area contributed by atoms with Crippen molar-refractivity contribution in [3.8, 4) is 0 Å². The maximum Gasteiger partial charge on any atom is 0.270 e. The van der Waals surface area contributed by atoms with Gasteiger partial charge in [-0.3, -0.25) is 4.79 Å². The molecule has 1 aromatic heterocycles. The Morgan fingerprint density at radius 2 is 2.13 bits per heavy atom. The van der Waals surface area contributed by atoms with Crippen molar-refractivity contribution in [2.75, 3.05) is 19.6 Å². The van der Waals surface area contributed by atoms with Crippen LogP contribution in [0.4, 0.5) is 4.39 Å². The van der Waals surface area contributed by atoms with E-state index >= 15 is 0 Å². The summed E-state index contributed by atoms with van der Waals surface area (Å²) in [6.45, 7) is 2.71. The molecule has 0 aliphatic carbocycles. The lowest BCUT2D eigenvalue weighted by molar-refractivity contribution is 0.0626. The molecule has 2 aromatic rings. The van der Waals surface area contributed by atoms with Gasteiger partial charge < -0.3 is 15.2 Å². The van der Waals surface area contributed by atoms with E-state index in [4.69, 9.17) is 0 Å². The Kier molecular flexibility index (Phi) is 3.81. The third-order valence-corrected chi connectivity index (χ3v) is 5.24. The van der Waals surface area contributed by atoms with Crippen molar-refractivity contribution in [2.24, 2.45) is 5.92 Å². The molecule has 2 aliphatic rings. The molecule has 2 atom stereocenters. The zero-order valence-corrected chi connectivity index (χ0v) is 13.1. The molecule has 2 N–H and O–H groups in total. The number of rotatable bonds is 1. The zero-order chi connectivity index (χ0) is 15.8. The minimum absolute atomic E-state index is 0.0318. The van der Waals surface area contributed by atoms with Crippen LogP contribution in [0.1, 0.15) is 36.2 Å². The zero-order valence-electron chi connectivity index (χ0n) is 13.1. The van der Waals surface area contributed by atoms with Crippen LogP contribution in [0.5, 0.6) is 0 Å². The maximum atomic E-state index is 13.3. The van der Waals surface area contributed by atoms with E-state index in [1.54, 1.807) is 6.07 Å². The molecule has 122 valence electrons. The summed E-state index contributed by atoms with van der Waals surface area (Å²) in [7, 11) is 0. The van der Waals surface area contributed by atoms with Crippen LogP contribution in [-0.4, -0.2) is 41.5 Å². The Hall–Kier alpha value is -1.88. The van der Waals surface area contributed by atoms with Crippen molar-refractivity contribution in [2.45, 2.75) is 31.7 Å². The molecule has 0 unspecified atom stereocenters. The monoisotopic (exact) mass is 315 g/mol. The molecule has 1 aromatic carbocycles. The number of aromatic nitrogens is 1. The minimum Gasteiger partial charge on any atom is -0.350 e. The molecular formula is C18H22FN3O. The second kappa shape index (κ2) is 5.96. The lowest BCUT2D eigenvalue weighted by Gasteiger charge is -2.38. The predicted octanol–water partition coefficient (Wildman–Crippen LogP) is 2.91. The number of benzene rings is 1. The predicted molar refractivity (Wildman–Crippen MR) is 87.9 cm³/mol. The van der Waals surface area contributed by atoms with E-state index in [0.717, 1.165) is 31.4 Å². The number of carbonyl (C=O) groups excluding carboxylic acids is 1. The normalized spacial score (nSPS) is 25.2. The topological polar surface area (TPSA) is 48.1 Å². The molecular weight excluding hydrogens is 293 g/mol. The number of hydrogen-bond donors (Lipinski definition) is 2. The van der Waals surface area contributed by atoms with Crippen LogP contribution >= 0.6 is 0 Å². The summed E-state index contributed by atoms with van der Waals surface area (Å²) >= 11 is 0. The average Bonchev–Trinajstić information content (AvgIpc) is 2.83. The number of hydrogen-bond acceptors (Lipinski definition) is 2. The molecule has 2 saturated heterocycles. The number of carbonyl (C=O) groups is 1. The highest BCUT2D eigenvalue weighted by Crippen LogP contribution is 2.26. The van der Waals surface area contributed by atoms with Gasteiger partial charge in [0.2, 0.25) is 0 Å². The highest BCUT2D eigenvalue weighted by Gasteiger charge is 2.32. The summed E-state index contributed by atoms with van der Waals surface area (Å²) in [4.78, 5) is 17.8. The number of amides is 1. The van der Waals surface area contributed by atoms with Gasteiger partial charge in [0.25, 0.3) is 5.91 Å². The van der Waals surface area contributed by atoms with Crippen molar-refractivity contribution in [3.63, 3.8) is 0 Å². The first-order valence-electron chi connectivity index (χ1n) is 8.51. The Morgan fingerprint density at radius 1 is 1.22 bits per heavy atom. The van der Waals surface area contributed by atoms with Gasteiger partial charge in [-0.25, -0.2) is 4.39 Å². The van der Waals surface area contributed by atoms with E-state index in [-0.39, 0.29) is 11.7 Å². The number of fused-ring (bicyclic) bond motifs is 2. The summed E-state index contributed by atoms with van der Waals surface area (Å²) in [6, 6.07) is 6.95. The first-order chi connectivity index (χ1) is 11.2. The van der Waals surface area contributed by atoms with Gasteiger partial charge in [0.15, 0.2) is 0 Å². The van der Waals surface area contributed by atoms with Crippen molar-refractivity contribution < 1.29 is 9.18 Å². The fraction of sp³-hybridized carbons (Fsp3) is 0.500. The van der Waals surface area contributed by atoms with Crippen LogP contribution < -0.4 is 5.32 Å². The fourth-order valence-corrected chi connectivity index (χ4v) is 3.98. The van der Waals surface area contributed by atoms with Gasteiger partial charge in [0.05, 0.1) is 0 Å². The number of nitrogens with zero attached hydrogens (tertiary/aromatic N) is 1.